The molecule has 0 aliphatic carbocycles. The number of alkyl halides is 3. The molecular formula is C20H22F3N3O2. The fraction of sp³-hybridized carbons (Fsp3) is 0.300. The van der Waals surface area contributed by atoms with Gasteiger partial charge in [-0.25, -0.2) is 4.79 Å². The van der Waals surface area contributed by atoms with E-state index in [1.54, 1.807) is 31.2 Å². The van der Waals surface area contributed by atoms with Crippen molar-refractivity contribution in [2.24, 2.45) is 0 Å². The lowest BCUT2D eigenvalue weighted by Gasteiger charge is -2.14. The van der Waals surface area contributed by atoms with Crippen LogP contribution in [0.5, 0.6) is 0 Å². The third-order valence-electron chi connectivity index (χ3n) is 3.74. The van der Waals surface area contributed by atoms with Crippen LogP contribution in [0.4, 0.5) is 29.3 Å². The minimum Gasteiger partial charge on any atom is -0.336 e. The van der Waals surface area contributed by atoms with Gasteiger partial charge in [0.2, 0.25) is 5.91 Å². The normalized spacial score (nSPS) is 11.2. The number of carbonyl (C=O) groups is 2. The highest BCUT2D eigenvalue weighted by molar-refractivity contribution is 5.92. The van der Waals surface area contributed by atoms with E-state index in [0.717, 1.165) is 12.1 Å². The number of rotatable bonds is 5. The second-order valence-corrected chi connectivity index (χ2v) is 6.53. The van der Waals surface area contributed by atoms with Gasteiger partial charge in [0, 0.05) is 23.8 Å². The number of nitrogens with one attached hydrogen (secondary N) is 3. The molecule has 2 rings (SSSR count). The van der Waals surface area contributed by atoms with Crippen molar-refractivity contribution in [2.45, 2.75) is 39.4 Å². The summed E-state index contributed by atoms with van der Waals surface area (Å²) < 4.78 is 39.8. The first kappa shape index (κ1) is 21.3. The molecule has 3 N–H and O–H groups in total. The number of anilines is 2. The molecule has 2 aromatic rings. The number of amides is 3. The molecule has 0 heterocycles. The Morgan fingerprint density at radius 2 is 1.64 bits per heavy atom. The molecule has 0 spiro atoms. The maximum absolute atomic E-state index is 13.3. The van der Waals surface area contributed by atoms with E-state index in [4.69, 9.17) is 0 Å². The maximum atomic E-state index is 13.3. The summed E-state index contributed by atoms with van der Waals surface area (Å²) in [6.45, 7) is 5.23. The molecule has 0 fully saturated rings. The van der Waals surface area contributed by atoms with Crippen molar-refractivity contribution >= 4 is 23.3 Å². The van der Waals surface area contributed by atoms with Crippen LogP contribution in [0.1, 0.15) is 32.8 Å². The van der Waals surface area contributed by atoms with Gasteiger partial charge in [0.1, 0.15) is 0 Å². The molecule has 0 atom stereocenters. The Balaban J connectivity index is 2.40. The van der Waals surface area contributed by atoms with E-state index in [-0.39, 0.29) is 29.6 Å². The number of benzene rings is 2. The van der Waals surface area contributed by atoms with Gasteiger partial charge < -0.3 is 16.0 Å². The minimum atomic E-state index is -4.56. The van der Waals surface area contributed by atoms with E-state index in [1.165, 1.54) is 6.07 Å². The topological polar surface area (TPSA) is 70.2 Å². The van der Waals surface area contributed by atoms with Gasteiger partial charge in [0.15, 0.2) is 0 Å². The van der Waals surface area contributed by atoms with Gasteiger partial charge in [0.25, 0.3) is 0 Å². The van der Waals surface area contributed by atoms with Gasteiger partial charge in [-0.2, -0.15) is 13.2 Å². The summed E-state index contributed by atoms with van der Waals surface area (Å²) in [5.74, 6) is -0.383. The summed E-state index contributed by atoms with van der Waals surface area (Å²) in [5.41, 5.74) is 0.377. The molecular weight excluding hydrogens is 371 g/mol. The van der Waals surface area contributed by atoms with Gasteiger partial charge in [-0.3, -0.25) is 4.79 Å². The molecule has 0 aliphatic heterocycles. The fourth-order valence-electron chi connectivity index (χ4n) is 2.49. The number of urea groups is 1. The molecule has 150 valence electrons. The van der Waals surface area contributed by atoms with Gasteiger partial charge >= 0.3 is 12.2 Å². The summed E-state index contributed by atoms with van der Waals surface area (Å²) in [6, 6.07) is 9.37. The summed E-state index contributed by atoms with van der Waals surface area (Å²) in [6.07, 6.45) is -4.41. The van der Waals surface area contributed by atoms with Crippen LogP contribution in [0.15, 0.2) is 42.5 Å². The second kappa shape index (κ2) is 8.77. The summed E-state index contributed by atoms with van der Waals surface area (Å²) in [5, 5.41) is 7.78. The molecule has 0 unspecified atom stereocenters. The predicted molar refractivity (Wildman–Crippen MR) is 103 cm³/mol. The minimum absolute atomic E-state index is 0.0589. The maximum Gasteiger partial charge on any atom is 0.416 e. The monoisotopic (exact) mass is 393 g/mol. The average Bonchev–Trinajstić information content (AvgIpc) is 2.60. The molecule has 0 radical (unpaired) electrons. The first-order valence-corrected chi connectivity index (χ1v) is 8.78. The molecule has 0 aromatic heterocycles. The lowest BCUT2D eigenvalue weighted by atomic mass is 10.0. The van der Waals surface area contributed by atoms with Crippen molar-refractivity contribution in [3.8, 4) is 11.1 Å². The van der Waals surface area contributed by atoms with Crippen molar-refractivity contribution < 1.29 is 22.8 Å². The number of hydrogen-bond donors (Lipinski definition) is 3. The molecule has 2 aromatic carbocycles. The molecule has 0 bridgehead atoms. The van der Waals surface area contributed by atoms with E-state index < -0.39 is 17.8 Å². The Hall–Kier alpha value is -3.03. The highest BCUT2D eigenvalue weighted by Crippen LogP contribution is 2.35. The average molecular weight is 393 g/mol. The zero-order valence-corrected chi connectivity index (χ0v) is 15.8. The van der Waals surface area contributed by atoms with Gasteiger partial charge in [-0.05, 0) is 55.3 Å². The van der Waals surface area contributed by atoms with Crippen LogP contribution in [0, 0.1) is 0 Å². The Labute approximate surface area is 161 Å². The molecule has 0 aliphatic rings. The summed E-state index contributed by atoms with van der Waals surface area (Å²) in [7, 11) is 0. The largest absolute Gasteiger partial charge is 0.416 e. The van der Waals surface area contributed by atoms with Crippen molar-refractivity contribution in [3.63, 3.8) is 0 Å². The highest BCUT2D eigenvalue weighted by Gasteiger charge is 2.31. The van der Waals surface area contributed by atoms with Crippen molar-refractivity contribution in [1.82, 2.24) is 5.32 Å². The zero-order valence-electron chi connectivity index (χ0n) is 15.8. The van der Waals surface area contributed by atoms with Crippen LogP contribution in [0.2, 0.25) is 0 Å². The standard InChI is InChI=1S/C20H22F3N3O2/c1-4-18(27)25-17-10-14(8-15(11-17)20(21,22)23)13-6-5-7-16(9-13)26-19(28)24-12(2)3/h5-12H,4H2,1-3H3,(H,25,27)(H2,24,26,28). The van der Waals surface area contributed by atoms with Crippen LogP contribution in [0.3, 0.4) is 0 Å². The van der Waals surface area contributed by atoms with Gasteiger partial charge in [-0.15, -0.1) is 0 Å². The van der Waals surface area contributed by atoms with Crippen LogP contribution in [0.25, 0.3) is 11.1 Å². The molecule has 8 heteroatoms. The van der Waals surface area contributed by atoms with Crippen LogP contribution in [-0.4, -0.2) is 18.0 Å². The number of hydrogen-bond acceptors (Lipinski definition) is 2. The van der Waals surface area contributed by atoms with Crippen LogP contribution < -0.4 is 16.0 Å². The Bertz CT molecular complexity index is 864. The van der Waals surface area contributed by atoms with E-state index in [1.807, 2.05) is 13.8 Å². The van der Waals surface area contributed by atoms with Gasteiger partial charge in [0.05, 0.1) is 5.56 Å². The number of halogens is 3. The van der Waals surface area contributed by atoms with Crippen molar-refractivity contribution in [3.05, 3.63) is 48.0 Å². The van der Waals surface area contributed by atoms with Crippen molar-refractivity contribution in [2.75, 3.05) is 10.6 Å². The van der Waals surface area contributed by atoms with E-state index in [9.17, 15) is 22.8 Å². The van der Waals surface area contributed by atoms with Crippen LogP contribution >= 0.6 is 0 Å². The molecule has 28 heavy (non-hydrogen) atoms. The molecule has 3 amide bonds. The zero-order chi connectivity index (χ0) is 20.9. The molecule has 5 nitrogen and oxygen atoms in total. The summed E-state index contributed by atoms with van der Waals surface area (Å²) >= 11 is 0. The summed E-state index contributed by atoms with van der Waals surface area (Å²) in [4.78, 5) is 23.5. The van der Waals surface area contributed by atoms with E-state index in [0.29, 0.717) is 11.3 Å². The first-order valence-electron chi connectivity index (χ1n) is 8.78. The quantitative estimate of drug-likeness (QED) is 0.649. The smallest absolute Gasteiger partial charge is 0.336 e. The third kappa shape index (κ3) is 6.00. The van der Waals surface area contributed by atoms with Crippen LogP contribution in [-0.2, 0) is 11.0 Å². The first-order chi connectivity index (χ1) is 13.1. The second-order valence-electron chi connectivity index (χ2n) is 6.53. The van der Waals surface area contributed by atoms with E-state index >= 15 is 0 Å². The molecule has 0 saturated heterocycles. The Morgan fingerprint density at radius 1 is 0.964 bits per heavy atom. The highest BCUT2D eigenvalue weighted by atomic mass is 19.4. The van der Waals surface area contributed by atoms with Crippen molar-refractivity contribution in [1.29, 1.82) is 0 Å². The Morgan fingerprint density at radius 3 is 2.25 bits per heavy atom. The Kier molecular flexibility index (Phi) is 6.66. The SMILES string of the molecule is CCC(=O)Nc1cc(-c2cccc(NC(=O)NC(C)C)c2)cc(C(F)(F)F)c1. The lowest BCUT2D eigenvalue weighted by Crippen LogP contribution is -2.34. The third-order valence-corrected chi connectivity index (χ3v) is 3.74. The molecule has 0 saturated carbocycles. The van der Waals surface area contributed by atoms with Gasteiger partial charge in [-0.1, -0.05) is 19.1 Å². The fourth-order valence-corrected chi connectivity index (χ4v) is 2.49. The lowest BCUT2D eigenvalue weighted by molar-refractivity contribution is -0.137. The predicted octanol–water partition coefficient (Wildman–Crippen LogP) is 5.25. The van der Waals surface area contributed by atoms with E-state index in [2.05, 4.69) is 16.0 Å². The number of carbonyl (C=O) groups excluding carboxylic acids is 2.